The second-order valence-corrected chi connectivity index (χ2v) is 5.72. The number of piperazine rings is 1. The molecule has 1 saturated carbocycles. The van der Waals surface area contributed by atoms with Gasteiger partial charge in [0.2, 0.25) is 0 Å². The first-order valence-corrected chi connectivity index (χ1v) is 7.18. The van der Waals surface area contributed by atoms with Crippen LogP contribution in [0.1, 0.15) is 25.7 Å². The van der Waals surface area contributed by atoms with Crippen molar-refractivity contribution in [2.45, 2.75) is 43.6 Å². The van der Waals surface area contributed by atoms with Crippen LogP contribution < -0.4 is 5.32 Å². The molecule has 1 spiro atoms. The van der Waals surface area contributed by atoms with Crippen molar-refractivity contribution in [2.24, 2.45) is 0 Å². The summed E-state index contributed by atoms with van der Waals surface area (Å²) in [5, 5.41) is 12.4. The zero-order chi connectivity index (χ0) is 13.3. The van der Waals surface area contributed by atoms with E-state index >= 15 is 0 Å². The molecule has 3 rings (SSSR count). The molecular weight excluding hydrogens is 248 g/mol. The van der Waals surface area contributed by atoms with E-state index in [1.807, 2.05) is 4.90 Å². The van der Waals surface area contributed by atoms with Gasteiger partial charge in [-0.25, -0.2) is 0 Å². The molecule has 2 atom stereocenters. The van der Waals surface area contributed by atoms with Crippen molar-refractivity contribution >= 4 is 5.97 Å². The van der Waals surface area contributed by atoms with Gasteiger partial charge in [-0.1, -0.05) is 0 Å². The maximum Gasteiger partial charge on any atom is 0.322 e. The second-order valence-electron chi connectivity index (χ2n) is 5.72. The SMILES string of the molecule is O=C(O)C1CNCCN1CC1COC2(CCCC2)O1. The molecule has 6 heteroatoms. The molecule has 0 aromatic heterocycles. The number of nitrogens with one attached hydrogen (secondary N) is 1. The fourth-order valence-electron chi connectivity index (χ4n) is 3.35. The lowest BCUT2D eigenvalue weighted by Gasteiger charge is -2.34. The van der Waals surface area contributed by atoms with Gasteiger partial charge in [0.05, 0.1) is 12.7 Å². The van der Waals surface area contributed by atoms with Crippen molar-refractivity contribution in [3.63, 3.8) is 0 Å². The highest BCUT2D eigenvalue weighted by atomic mass is 16.7. The van der Waals surface area contributed by atoms with Crippen LogP contribution in [-0.2, 0) is 14.3 Å². The van der Waals surface area contributed by atoms with E-state index in [2.05, 4.69) is 5.32 Å². The third-order valence-corrected chi connectivity index (χ3v) is 4.36. The second kappa shape index (κ2) is 5.36. The van der Waals surface area contributed by atoms with Crippen LogP contribution in [0.4, 0.5) is 0 Å². The molecule has 0 aromatic rings. The predicted octanol–water partition coefficient (Wildman–Crippen LogP) is 0.0305. The summed E-state index contributed by atoms with van der Waals surface area (Å²) in [6, 6.07) is -0.447. The Hall–Kier alpha value is -0.690. The van der Waals surface area contributed by atoms with Crippen molar-refractivity contribution < 1.29 is 19.4 Å². The fourth-order valence-corrected chi connectivity index (χ4v) is 3.35. The van der Waals surface area contributed by atoms with Crippen molar-refractivity contribution in [3.8, 4) is 0 Å². The maximum absolute atomic E-state index is 11.2. The first-order chi connectivity index (χ1) is 9.19. The number of hydrogen-bond donors (Lipinski definition) is 2. The third kappa shape index (κ3) is 2.76. The zero-order valence-electron chi connectivity index (χ0n) is 11.1. The average molecular weight is 270 g/mol. The van der Waals surface area contributed by atoms with E-state index < -0.39 is 12.0 Å². The Kier molecular flexibility index (Phi) is 3.75. The largest absolute Gasteiger partial charge is 0.480 e. The Labute approximate surface area is 113 Å². The van der Waals surface area contributed by atoms with E-state index in [0.717, 1.165) is 38.8 Å². The van der Waals surface area contributed by atoms with Crippen LogP contribution in [0.15, 0.2) is 0 Å². The van der Waals surface area contributed by atoms with Crippen LogP contribution in [0.2, 0.25) is 0 Å². The lowest BCUT2D eigenvalue weighted by molar-refractivity contribution is -0.165. The highest BCUT2D eigenvalue weighted by molar-refractivity contribution is 5.74. The van der Waals surface area contributed by atoms with Crippen LogP contribution in [0.3, 0.4) is 0 Å². The smallest absolute Gasteiger partial charge is 0.322 e. The number of aliphatic carboxylic acids is 1. The summed E-state index contributed by atoms with van der Waals surface area (Å²) < 4.78 is 11.9. The lowest BCUT2D eigenvalue weighted by atomic mass is 10.1. The Morgan fingerprint density at radius 1 is 1.42 bits per heavy atom. The Morgan fingerprint density at radius 2 is 2.21 bits per heavy atom. The minimum absolute atomic E-state index is 0.0121. The lowest BCUT2D eigenvalue weighted by Crippen LogP contribution is -2.56. The molecule has 108 valence electrons. The molecule has 6 nitrogen and oxygen atoms in total. The van der Waals surface area contributed by atoms with Crippen molar-refractivity contribution in [1.82, 2.24) is 10.2 Å². The molecule has 19 heavy (non-hydrogen) atoms. The number of nitrogens with zero attached hydrogens (tertiary/aromatic N) is 1. The number of ether oxygens (including phenoxy) is 2. The molecule has 2 unspecified atom stereocenters. The van der Waals surface area contributed by atoms with Crippen LogP contribution in [0.25, 0.3) is 0 Å². The summed E-state index contributed by atoms with van der Waals surface area (Å²) in [7, 11) is 0. The van der Waals surface area contributed by atoms with Crippen LogP contribution in [-0.4, -0.2) is 66.7 Å². The summed E-state index contributed by atoms with van der Waals surface area (Å²) in [5.74, 6) is -1.11. The predicted molar refractivity (Wildman–Crippen MR) is 67.9 cm³/mol. The number of rotatable bonds is 3. The van der Waals surface area contributed by atoms with Gasteiger partial charge in [-0.2, -0.15) is 0 Å². The molecule has 2 N–H and O–H groups in total. The van der Waals surface area contributed by atoms with Gasteiger partial charge in [0.25, 0.3) is 0 Å². The van der Waals surface area contributed by atoms with Gasteiger partial charge in [-0.15, -0.1) is 0 Å². The van der Waals surface area contributed by atoms with Gasteiger partial charge < -0.3 is 19.9 Å². The molecule has 2 saturated heterocycles. The number of carboxylic acids is 1. The summed E-state index contributed by atoms with van der Waals surface area (Å²) in [6.45, 7) is 3.34. The summed E-state index contributed by atoms with van der Waals surface area (Å²) in [5.41, 5.74) is 0. The van der Waals surface area contributed by atoms with Crippen molar-refractivity contribution in [2.75, 3.05) is 32.8 Å². The maximum atomic E-state index is 11.2. The fraction of sp³-hybridized carbons (Fsp3) is 0.923. The molecule has 2 heterocycles. The zero-order valence-corrected chi connectivity index (χ0v) is 11.1. The van der Waals surface area contributed by atoms with E-state index in [1.54, 1.807) is 0 Å². The van der Waals surface area contributed by atoms with Crippen molar-refractivity contribution in [3.05, 3.63) is 0 Å². The average Bonchev–Trinajstić information content (AvgIpc) is 3.01. The topological polar surface area (TPSA) is 71.0 Å². The first-order valence-electron chi connectivity index (χ1n) is 7.18. The number of carbonyl (C=O) groups is 1. The normalized spacial score (nSPS) is 34.9. The first kappa shape index (κ1) is 13.3. The highest BCUT2D eigenvalue weighted by Gasteiger charge is 2.44. The Balaban J connectivity index is 1.57. The Bertz CT molecular complexity index is 344. The van der Waals surface area contributed by atoms with Gasteiger partial charge in [-0.05, 0) is 12.8 Å². The van der Waals surface area contributed by atoms with Crippen molar-refractivity contribution in [1.29, 1.82) is 0 Å². The van der Waals surface area contributed by atoms with Crippen LogP contribution >= 0.6 is 0 Å². The van der Waals surface area contributed by atoms with Gasteiger partial charge in [-0.3, -0.25) is 9.69 Å². The summed E-state index contributed by atoms with van der Waals surface area (Å²) >= 11 is 0. The van der Waals surface area contributed by atoms with E-state index in [4.69, 9.17) is 9.47 Å². The van der Waals surface area contributed by atoms with Gasteiger partial charge in [0.1, 0.15) is 6.04 Å². The molecule has 2 aliphatic heterocycles. The van der Waals surface area contributed by atoms with Crippen LogP contribution in [0.5, 0.6) is 0 Å². The molecule has 3 aliphatic rings. The molecule has 0 radical (unpaired) electrons. The summed E-state index contributed by atoms with van der Waals surface area (Å²) in [6.07, 6.45) is 4.30. The van der Waals surface area contributed by atoms with Crippen LogP contribution in [0, 0.1) is 0 Å². The minimum Gasteiger partial charge on any atom is -0.480 e. The van der Waals surface area contributed by atoms with Gasteiger partial charge in [0.15, 0.2) is 5.79 Å². The number of hydrogen-bond acceptors (Lipinski definition) is 5. The molecule has 0 amide bonds. The molecule has 0 bridgehead atoms. The van der Waals surface area contributed by atoms with Gasteiger partial charge in [0, 0.05) is 39.0 Å². The quantitative estimate of drug-likeness (QED) is 0.754. The van der Waals surface area contributed by atoms with E-state index in [9.17, 15) is 9.90 Å². The highest BCUT2D eigenvalue weighted by Crippen LogP contribution is 2.39. The minimum atomic E-state index is -0.762. The molecule has 1 aliphatic carbocycles. The monoisotopic (exact) mass is 270 g/mol. The standard InChI is InChI=1S/C13H22N2O4/c16-12(17)11-7-14-5-6-15(11)8-10-9-18-13(19-10)3-1-2-4-13/h10-11,14H,1-9H2,(H,16,17). The summed E-state index contributed by atoms with van der Waals surface area (Å²) in [4.78, 5) is 13.2. The molecule has 0 aromatic carbocycles. The molecule has 3 fully saturated rings. The van der Waals surface area contributed by atoms with E-state index in [1.165, 1.54) is 0 Å². The Morgan fingerprint density at radius 3 is 2.95 bits per heavy atom. The van der Waals surface area contributed by atoms with Gasteiger partial charge >= 0.3 is 5.97 Å². The van der Waals surface area contributed by atoms with E-state index in [0.29, 0.717) is 19.7 Å². The van der Waals surface area contributed by atoms with E-state index in [-0.39, 0.29) is 11.9 Å². The molecular formula is C13H22N2O4. The third-order valence-electron chi connectivity index (χ3n) is 4.36. The number of carboxylic acid groups (broad SMARTS) is 1.